The van der Waals surface area contributed by atoms with Crippen LogP contribution >= 0.6 is 0 Å². The number of fused-ring (bicyclic) bond motifs is 1. The van der Waals surface area contributed by atoms with Crippen LogP contribution in [0.3, 0.4) is 0 Å². The zero-order valence-electron chi connectivity index (χ0n) is 14.0. The lowest BCUT2D eigenvalue weighted by Gasteiger charge is -2.34. The van der Waals surface area contributed by atoms with E-state index < -0.39 is 11.6 Å². The Morgan fingerprint density at radius 1 is 1.08 bits per heavy atom. The van der Waals surface area contributed by atoms with Gasteiger partial charge in [0.05, 0.1) is 11.3 Å². The number of aliphatic hydroxyl groups is 1. The molecule has 1 aliphatic rings. The van der Waals surface area contributed by atoms with Gasteiger partial charge in [-0.05, 0) is 66.6 Å². The van der Waals surface area contributed by atoms with Crippen molar-refractivity contribution in [1.82, 2.24) is 4.98 Å². The lowest BCUT2D eigenvalue weighted by molar-refractivity contribution is 0.169. The van der Waals surface area contributed by atoms with Crippen molar-refractivity contribution in [2.45, 2.75) is 19.3 Å². The van der Waals surface area contributed by atoms with Crippen molar-refractivity contribution in [2.24, 2.45) is 11.8 Å². The lowest BCUT2D eigenvalue weighted by Crippen LogP contribution is -2.26. The zero-order chi connectivity index (χ0) is 18.4. The monoisotopic (exact) mass is 357 g/mol. The molecule has 0 unspecified atom stereocenters. The highest BCUT2D eigenvalue weighted by Gasteiger charge is 2.32. The smallest absolute Gasteiger partial charge is 0.150 e. The van der Waals surface area contributed by atoms with Gasteiger partial charge in [-0.15, -0.1) is 0 Å². The average Bonchev–Trinajstić information content (AvgIpc) is 2.89. The predicted molar refractivity (Wildman–Crippen MR) is 95.3 cm³/mol. The Morgan fingerprint density at radius 2 is 1.77 bits per heavy atom. The number of aliphatic hydroxyl groups excluding tert-OH is 1. The van der Waals surface area contributed by atoms with Crippen molar-refractivity contribution < 1.29 is 18.3 Å². The van der Waals surface area contributed by atoms with E-state index >= 15 is 0 Å². The van der Waals surface area contributed by atoms with Crippen LogP contribution in [0.15, 0.2) is 48.7 Å². The van der Waals surface area contributed by atoms with Gasteiger partial charge in [-0.3, -0.25) is 0 Å². The number of aromatic amines is 1. The standard InChI is InChI=1S/C21H18F3NO/c1-11(26)14-6-12(7-14)8-17-18-9-16(23)10-19(24)21(18)25-20(17)13-2-4-15(22)5-3-13/h2-5,9-10,12,14,25-26H,1,6-8H2. The van der Waals surface area contributed by atoms with Gasteiger partial charge in [-0.2, -0.15) is 0 Å². The molecule has 134 valence electrons. The van der Waals surface area contributed by atoms with Crippen molar-refractivity contribution in [3.63, 3.8) is 0 Å². The van der Waals surface area contributed by atoms with E-state index in [2.05, 4.69) is 11.6 Å². The average molecular weight is 357 g/mol. The van der Waals surface area contributed by atoms with Gasteiger partial charge in [0.25, 0.3) is 0 Å². The Balaban J connectivity index is 1.78. The Hall–Kier alpha value is -2.69. The summed E-state index contributed by atoms with van der Waals surface area (Å²) in [5, 5.41) is 9.99. The summed E-state index contributed by atoms with van der Waals surface area (Å²) >= 11 is 0. The van der Waals surface area contributed by atoms with E-state index in [1.807, 2.05) is 0 Å². The Bertz CT molecular complexity index is 985. The summed E-state index contributed by atoms with van der Waals surface area (Å²) in [4.78, 5) is 3.05. The maximum absolute atomic E-state index is 14.2. The van der Waals surface area contributed by atoms with Crippen molar-refractivity contribution >= 4 is 10.9 Å². The molecule has 1 fully saturated rings. The minimum absolute atomic E-state index is 0.0907. The van der Waals surface area contributed by atoms with E-state index in [1.54, 1.807) is 12.1 Å². The second-order valence-electron chi connectivity index (χ2n) is 7.03. The van der Waals surface area contributed by atoms with Gasteiger partial charge in [-0.1, -0.05) is 6.58 Å². The summed E-state index contributed by atoms with van der Waals surface area (Å²) < 4.78 is 41.3. The SMILES string of the molecule is C=C(O)C1CC(Cc2c(-c3ccc(F)cc3)[nH]c3c(F)cc(F)cc23)C1. The van der Waals surface area contributed by atoms with Crippen molar-refractivity contribution in [3.8, 4) is 11.3 Å². The number of halogens is 3. The van der Waals surface area contributed by atoms with Crippen LogP contribution in [0, 0.1) is 29.3 Å². The predicted octanol–water partition coefficient (Wildman–Crippen LogP) is 5.89. The van der Waals surface area contributed by atoms with Gasteiger partial charge in [0, 0.05) is 23.1 Å². The Morgan fingerprint density at radius 3 is 2.42 bits per heavy atom. The number of hydrogen-bond donors (Lipinski definition) is 2. The summed E-state index contributed by atoms with van der Waals surface area (Å²) in [7, 11) is 0. The normalized spacial score (nSPS) is 19.5. The highest BCUT2D eigenvalue weighted by molar-refractivity contribution is 5.91. The van der Waals surface area contributed by atoms with E-state index in [9.17, 15) is 18.3 Å². The molecule has 1 aliphatic carbocycles. The van der Waals surface area contributed by atoms with Crippen LogP contribution in [0.2, 0.25) is 0 Å². The molecule has 0 spiro atoms. The first-order valence-electron chi connectivity index (χ1n) is 8.55. The molecule has 2 N–H and O–H groups in total. The quantitative estimate of drug-likeness (QED) is 0.561. The van der Waals surface area contributed by atoms with Gasteiger partial charge < -0.3 is 10.1 Å². The minimum Gasteiger partial charge on any atom is -0.513 e. The topological polar surface area (TPSA) is 36.0 Å². The summed E-state index contributed by atoms with van der Waals surface area (Å²) in [5.41, 5.74) is 2.47. The van der Waals surface area contributed by atoms with Crippen LogP contribution in [0.1, 0.15) is 18.4 Å². The van der Waals surface area contributed by atoms with Gasteiger partial charge in [-0.25, -0.2) is 13.2 Å². The molecule has 3 aromatic rings. The van der Waals surface area contributed by atoms with Crippen LogP contribution in [0.5, 0.6) is 0 Å². The molecule has 26 heavy (non-hydrogen) atoms. The molecule has 0 amide bonds. The first-order chi connectivity index (χ1) is 12.4. The van der Waals surface area contributed by atoms with Gasteiger partial charge in [0.15, 0.2) is 0 Å². The highest BCUT2D eigenvalue weighted by atomic mass is 19.1. The summed E-state index contributed by atoms with van der Waals surface area (Å²) in [6.07, 6.45) is 2.21. The molecule has 0 atom stereocenters. The fourth-order valence-corrected chi connectivity index (χ4v) is 3.81. The molecule has 5 heteroatoms. The van der Waals surface area contributed by atoms with Crippen LogP contribution in [0.25, 0.3) is 22.2 Å². The largest absolute Gasteiger partial charge is 0.513 e. The van der Waals surface area contributed by atoms with Gasteiger partial charge in [0.1, 0.15) is 17.5 Å². The maximum Gasteiger partial charge on any atom is 0.150 e. The fraction of sp³-hybridized carbons (Fsp3) is 0.238. The van der Waals surface area contributed by atoms with Crippen molar-refractivity contribution in [1.29, 1.82) is 0 Å². The van der Waals surface area contributed by atoms with Gasteiger partial charge >= 0.3 is 0 Å². The first kappa shape index (κ1) is 16.8. The molecule has 0 saturated heterocycles. The number of nitrogens with one attached hydrogen (secondary N) is 1. The molecule has 0 aliphatic heterocycles. The summed E-state index contributed by atoms with van der Waals surface area (Å²) in [6, 6.07) is 8.12. The number of aromatic nitrogens is 1. The first-order valence-corrected chi connectivity index (χ1v) is 8.55. The van der Waals surface area contributed by atoms with E-state index in [1.165, 1.54) is 18.2 Å². The van der Waals surface area contributed by atoms with Crippen LogP contribution in [-0.2, 0) is 6.42 Å². The second-order valence-corrected chi connectivity index (χ2v) is 7.03. The van der Waals surface area contributed by atoms with Gasteiger partial charge in [0.2, 0.25) is 0 Å². The lowest BCUT2D eigenvalue weighted by atomic mass is 9.71. The molecule has 1 saturated carbocycles. The Kier molecular flexibility index (Phi) is 4.02. The van der Waals surface area contributed by atoms with Crippen LogP contribution in [0.4, 0.5) is 13.2 Å². The molecule has 2 nitrogen and oxygen atoms in total. The minimum atomic E-state index is -0.648. The molecule has 1 heterocycles. The number of hydrogen-bond acceptors (Lipinski definition) is 1. The number of H-pyrrole nitrogens is 1. The van der Waals surface area contributed by atoms with E-state index in [0.717, 1.165) is 30.0 Å². The van der Waals surface area contributed by atoms with Crippen molar-refractivity contribution in [2.75, 3.05) is 0 Å². The van der Waals surface area contributed by atoms with Crippen molar-refractivity contribution in [3.05, 3.63) is 71.8 Å². The van der Waals surface area contributed by atoms with E-state index in [0.29, 0.717) is 23.4 Å². The second kappa shape index (κ2) is 6.24. The third-order valence-corrected chi connectivity index (χ3v) is 5.26. The Labute approximate surface area is 149 Å². The highest BCUT2D eigenvalue weighted by Crippen LogP contribution is 2.42. The van der Waals surface area contributed by atoms with Crippen LogP contribution in [-0.4, -0.2) is 10.1 Å². The van der Waals surface area contributed by atoms with E-state index in [-0.39, 0.29) is 23.0 Å². The fourth-order valence-electron chi connectivity index (χ4n) is 3.81. The third kappa shape index (κ3) is 2.87. The molecular weight excluding hydrogens is 339 g/mol. The molecule has 4 rings (SSSR count). The van der Waals surface area contributed by atoms with E-state index in [4.69, 9.17) is 0 Å². The summed E-state index contributed by atoms with van der Waals surface area (Å²) in [6.45, 7) is 3.57. The number of benzene rings is 2. The summed E-state index contributed by atoms with van der Waals surface area (Å²) in [5.74, 6) is -1.05. The van der Waals surface area contributed by atoms with Crippen LogP contribution < -0.4 is 0 Å². The zero-order valence-corrected chi connectivity index (χ0v) is 14.0. The number of rotatable bonds is 4. The number of allylic oxidation sites excluding steroid dienone is 1. The third-order valence-electron chi connectivity index (χ3n) is 5.26. The molecule has 1 aromatic heterocycles. The molecule has 0 bridgehead atoms. The molecule has 2 aromatic carbocycles. The maximum atomic E-state index is 14.2. The molecule has 0 radical (unpaired) electrons. The molecular formula is C21H18F3NO.